The Morgan fingerprint density at radius 1 is 1.16 bits per heavy atom. The van der Waals surface area contributed by atoms with E-state index < -0.39 is 12.0 Å². The maximum Gasteiger partial charge on any atom is 0.387 e. The molecule has 0 bridgehead atoms. The second-order valence-electron chi connectivity index (χ2n) is 7.46. The van der Waals surface area contributed by atoms with Crippen LogP contribution < -0.4 is 9.47 Å². The summed E-state index contributed by atoms with van der Waals surface area (Å²) in [5.41, 5.74) is 1.07. The molecule has 0 unspecified atom stereocenters. The predicted octanol–water partition coefficient (Wildman–Crippen LogP) is 5.16. The Bertz CT molecular complexity index is 886. The Morgan fingerprint density at radius 2 is 1.84 bits per heavy atom. The first kappa shape index (κ1) is 23.5. The Labute approximate surface area is 189 Å². The molecule has 1 aliphatic heterocycles. The quantitative estimate of drug-likeness (QED) is 0.505. The van der Waals surface area contributed by atoms with Crippen LogP contribution in [0.1, 0.15) is 30.9 Å². The van der Waals surface area contributed by atoms with Gasteiger partial charge in [-0.1, -0.05) is 34.1 Å². The fraction of sp³-hybridized carbons (Fsp3) is 0.435. The minimum atomic E-state index is -2.94. The summed E-state index contributed by atoms with van der Waals surface area (Å²) in [6.45, 7) is 0.487. The van der Waals surface area contributed by atoms with Crippen LogP contribution in [0, 0.1) is 0 Å². The molecule has 0 saturated carbocycles. The number of alkyl halides is 2. The molecule has 0 aromatic heterocycles. The zero-order chi connectivity index (χ0) is 22.4. The molecule has 0 radical (unpaired) electrons. The van der Waals surface area contributed by atoms with Gasteiger partial charge < -0.3 is 19.1 Å². The summed E-state index contributed by atoms with van der Waals surface area (Å²) in [6, 6.07) is 12.6. The van der Waals surface area contributed by atoms with Crippen LogP contribution in [0.5, 0.6) is 11.5 Å². The number of carbonyl (C=O) groups excluding carboxylic acids is 1. The summed E-state index contributed by atoms with van der Waals surface area (Å²) >= 11 is 3.45. The van der Waals surface area contributed by atoms with Crippen LogP contribution in [-0.4, -0.2) is 44.3 Å². The van der Waals surface area contributed by atoms with Crippen molar-refractivity contribution in [3.63, 3.8) is 0 Å². The molecule has 0 spiro atoms. The predicted molar refractivity (Wildman–Crippen MR) is 117 cm³/mol. The van der Waals surface area contributed by atoms with Crippen molar-refractivity contribution in [3.05, 3.63) is 58.1 Å². The maximum absolute atomic E-state index is 13.6. The lowest BCUT2D eigenvalue weighted by atomic mass is 9.73. The van der Waals surface area contributed by atoms with E-state index >= 15 is 0 Å². The van der Waals surface area contributed by atoms with E-state index in [1.807, 2.05) is 24.3 Å². The standard InChI is InChI=1S/C23H26BrF2NO4/c1-3-30-20-14-16(4-9-19(20)31-22(25)26)15-27(2)21(28)23(10-12-29-13-11-23)17-5-7-18(24)8-6-17/h4-9,14,22H,3,10-13,15H2,1-2H3. The Balaban J connectivity index is 1.83. The highest BCUT2D eigenvalue weighted by atomic mass is 79.9. The topological polar surface area (TPSA) is 48.0 Å². The Kier molecular flexibility index (Phi) is 7.89. The average molecular weight is 498 g/mol. The number of likely N-dealkylation sites (N-methyl/N-ethyl adjacent to an activating group) is 1. The molecular formula is C23H26BrF2NO4. The molecule has 5 nitrogen and oxygen atoms in total. The molecule has 31 heavy (non-hydrogen) atoms. The van der Waals surface area contributed by atoms with Crippen LogP contribution in [0.3, 0.4) is 0 Å². The van der Waals surface area contributed by atoms with E-state index in [1.165, 1.54) is 6.07 Å². The number of rotatable bonds is 8. The van der Waals surface area contributed by atoms with Gasteiger partial charge in [0.25, 0.3) is 0 Å². The van der Waals surface area contributed by atoms with Crippen molar-refractivity contribution in [3.8, 4) is 11.5 Å². The van der Waals surface area contributed by atoms with Crippen molar-refractivity contribution in [1.29, 1.82) is 0 Å². The minimum absolute atomic E-state index is 0.00369. The number of halogens is 3. The van der Waals surface area contributed by atoms with Crippen LogP contribution in [0.25, 0.3) is 0 Å². The number of hydrogen-bond donors (Lipinski definition) is 0. The van der Waals surface area contributed by atoms with E-state index in [9.17, 15) is 13.6 Å². The molecule has 0 atom stereocenters. The van der Waals surface area contributed by atoms with Crippen LogP contribution >= 0.6 is 15.9 Å². The normalized spacial score (nSPS) is 15.5. The minimum Gasteiger partial charge on any atom is -0.490 e. The van der Waals surface area contributed by atoms with Crippen molar-refractivity contribution in [2.24, 2.45) is 0 Å². The molecule has 8 heteroatoms. The van der Waals surface area contributed by atoms with E-state index in [4.69, 9.17) is 9.47 Å². The van der Waals surface area contributed by atoms with Crippen molar-refractivity contribution >= 4 is 21.8 Å². The second kappa shape index (κ2) is 10.4. The fourth-order valence-corrected chi connectivity index (χ4v) is 4.20. The van der Waals surface area contributed by atoms with Gasteiger partial charge >= 0.3 is 6.61 Å². The van der Waals surface area contributed by atoms with Crippen LogP contribution in [-0.2, 0) is 21.5 Å². The number of benzene rings is 2. The van der Waals surface area contributed by atoms with E-state index in [-0.39, 0.29) is 17.4 Å². The Hall–Kier alpha value is -2.19. The summed E-state index contributed by atoms with van der Waals surface area (Å²) in [7, 11) is 1.75. The van der Waals surface area contributed by atoms with E-state index in [0.29, 0.717) is 39.2 Å². The van der Waals surface area contributed by atoms with Gasteiger partial charge in [-0.3, -0.25) is 4.79 Å². The third-order valence-electron chi connectivity index (χ3n) is 5.44. The summed E-state index contributed by atoms with van der Waals surface area (Å²) in [6.07, 6.45) is 1.20. The first-order valence-electron chi connectivity index (χ1n) is 10.2. The van der Waals surface area contributed by atoms with Crippen LogP contribution in [0.15, 0.2) is 46.9 Å². The summed E-state index contributed by atoms with van der Waals surface area (Å²) in [5, 5.41) is 0. The van der Waals surface area contributed by atoms with Gasteiger partial charge in [-0.25, -0.2) is 0 Å². The average Bonchev–Trinajstić information content (AvgIpc) is 2.76. The maximum atomic E-state index is 13.6. The van der Waals surface area contributed by atoms with E-state index in [2.05, 4.69) is 20.7 Å². The zero-order valence-electron chi connectivity index (χ0n) is 17.6. The lowest BCUT2D eigenvalue weighted by Gasteiger charge is -2.39. The van der Waals surface area contributed by atoms with Gasteiger partial charge in [0.1, 0.15) is 0 Å². The molecule has 1 amide bonds. The van der Waals surface area contributed by atoms with Gasteiger partial charge in [0.15, 0.2) is 11.5 Å². The third-order valence-corrected chi connectivity index (χ3v) is 5.97. The lowest BCUT2D eigenvalue weighted by Crippen LogP contribution is -2.48. The molecule has 0 N–H and O–H groups in total. The molecule has 3 rings (SSSR count). The highest BCUT2D eigenvalue weighted by Gasteiger charge is 2.43. The lowest BCUT2D eigenvalue weighted by molar-refractivity contribution is -0.140. The van der Waals surface area contributed by atoms with Crippen molar-refractivity contribution in [1.82, 2.24) is 4.90 Å². The second-order valence-corrected chi connectivity index (χ2v) is 8.37. The summed E-state index contributed by atoms with van der Waals surface area (Å²) < 4.78 is 41.8. The Morgan fingerprint density at radius 3 is 2.45 bits per heavy atom. The molecule has 1 aliphatic rings. The molecule has 1 heterocycles. The molecule has 2 aromatic carbocycles. The monoisotopic (exact) mass is 497 g/mol. The SMILES string of the molecule is CCOc1cc(CN(C)C(=O)C2(c3ccc(Br)cc3)CCOCC2)ccc1OC(F)F. The van der Waals surface area contributed by atoms with Gasteiger partial charge in [-0.15, -0.1) is 0 Å². The first-order chi connectivity index (χ1) is 14.9. The highest BCUT2D eigenvalue weighted by molar-refractivity contribution is 9.10. The van der Waals surface area contributed by atoms with Crippen molar-refractivity contribution < 1.29 is 27.8 Å². The van der Waals surface area contributed by atoms with Crippen molar-refractivity contribution in [2.75, 3.05) is 26.9 Å². The van der Waals surface area contributed by atoms with Gasteiger partial charge in [0, 0.05) is 31.3 Å². The largest absolute Gasteiger partial charge is 0.490 e. The summed E-state index contributed by atoms with van der Waals surface area (Å²) in [4.78, 5) is 15.3. The number of hydrogen-bond acceptors (Lipinski definition) is 4. The van der Waals surface area contributed by atoms with Gasteiger partial charge in [-0.05, 0) is 55.2 Å². The number of nitrogens with zero attached hydrogens (tertiary/aromatic N) is 1. The molecule has 1 saturated heterocycles. The van der Waals surface area contributed by atoms with Crippen molar-refractivity contribution in [2.45, 2.75) is 38.3 Å². The zero-order valence-corrected chi connectivity index (χ0v) is 19.2. The molecule has 2 aromatic rings. The van der Waals surface area contributed by atoms with Crippen LogP contribution in [0.2, 0.25) is 0 Å². The number of ether oxygens (including phenoxy) is 3. The highest BCUT2D eigenvalue weighted by Crippen LogP contribution is 2.38. The van der Waals surface area contributed by atoms with Crippen LogP contribution in [0.4, 0.5) is 8.78 Å². The van der Waals surface area contributed by atoms with E-state index in [0.717, 1.165) is 15.6 Å². The van der Waals surface area contributed by atoms with Gasteiger partial charge in [0.2, 0.25) is 5.91 Å². The molecule has 0 aliphatic carbocycles. The molecule has 168 valence electrons. The molecule has 1 fully saturated rings. The van der Waals surface area contributed by atoms with E-state index in [1.54, 1.807) is 31.0 Å². The number of carbonyl (C=O) groups is 1. The van der Waals surface area contributed by atoms with Gasteiger partial charge in [0.05, 0.1) is 12.0 Å². The first-order valence-corrected chi connectivity index (χ1v) is 10.9. The smallest absolute Gasteiger partial charge is 0.387 e. The fourth-order valence-electron chi connectivity index (χ4n) is 3.94. The molecular weight excluding hydrogens is 472 g/mol. The van der Waals surface area contributed by atoms with Gasteiger partial charge in [-0.2, -0.15) is 8.78 Å². The summed E-state index contributed by atoms with van der Waals surface area (Å²) in [5.74, 6) is 0.212. The third kappa shape index (κ3) is 5.54. The number of amides is 1.